The number of rotatable bonds is 5. The molecule has 0 aromatic rings. The molecule has 0 aromatic carbocycles. The van der Waals surface area contributed by atoms with Gasteiger partial charge in [-0.25, -0.2) is 4.79 Å². The molecule has 0 unspecified atom stereocenters. The first-order valence-electron chi connectivity index (χ1n) is 5.45. The molecule has 1 N–H and O–H groups in total. The zero-order valence-corrected chi connectivity index (χ0v) is 9.77. The van der Waals surface area contributed by atoms with Crippen LogP contribution in [-0.4, -0.2) is 49.4 Å². The molecular formula is C11H16N2O4. The van der Waals surface area contributed by atoms with E-state index in [1.807, 2.05) is 0 Å². The molecule has 0 aliphatic carbocycles. The van der Waals surface area contributed by atoms with Crippen LogP contribution in [0, 0.1) is 0 Å². The van der Waals surface area contributed by atoms with Crippen LogP contribution in [0.25, 0.3) is 0 Å². The smallest absolute Gasteiger partial charge is 0.330 e. The number of carbonyl (C=O) groups is 3. The van der Waals surface area contributed by atoms with Crippen molar-refractivity contribution in [3.05, 3.63) is 12.2 Å². The van der Waals surface area contributed by atoms with Gasteiger partial charge in [0.15, 0.2) is 0 Å². The predicted molar refractivity (Wildman–Crippen MR) is 60.0 cm³/mol. The van der Waals surface area contributed by atoms with E-state index in [-0.39, 0.29) is 11.8 Å². The quantitative estimate of drug-likeness (QED) is 0.517. The number of methoxy groups -OCH3 is 1. The van der Waals surface area contributed by atoms with Gasteiger partial charge in [0.25, 0.3) is 0 Å². The van der Waals surface area contributed by atoms with E-state index in [9.17, 15) is 14.4 Å². The third kappa shape index (κ3) is 4.67. The summed E-state index contributed by atoms with van der Waals surface area (Å²) in [7, 11) is 1.24. The first-order valence-corrected chi connectivity index (χ1v) is 5.45. The summed E-state index contributed by atoms with van der Waals surface area (Å²) in [4.78, 5) is 34.9. The van der Waals surface area contributed by atoms with Crippen molar-refractivity contribution >= 4 is 17.8 Å². The average Bonchev–Trinajstić information content (AvgIpc) is 2.72. The topological polar surface area (TPSA) is 75.7 Å². The lowest BCUT2D eigenvalue weighted by molar-refractivity contribution is -0.135. The van der Waals surface area contributed by atoms with Gasteiger partial charge in [0, 0.05) is 38.2 Å². The molecule has 17 heavy (non-hydrogen) atoms. The highest BCUT2D eigenvalue weighted by Gasteiger charge is 2.19. The van der Waals surface area contributed by atoms with Gasteiger partial charge < -0.3 is 15.0 Å². The Morgan fingerprint density at radius 1 is 1.47 bits per heavy atom. The zero-order valence-electron chi connectivity index (χ0n) is 9.77. The highest BCUT2D eigenvalue weighted by molar-refractivity contribution is 5.94. The number of nitrogens with zero attached hydrogens (tertiary/aromatic N) is 1. The number of esters is 1. The Bertz CT molecular complexity index is 338. The van der Waals surface area contributed by atoms with E-state index in [1.165, 1.54) is 7.11 Å². The lowest BCUT2D eigenvalue weighted by Crippen LogP contribution is -2.34. The molecule has 1 aliphatic heterocycles. The van der Waals surface area contributed by atoms with E-state index in [1.54, 1.807) is 4.90 Å². The van der Waals surface area contributed by atoms with Gasteiger partial charge >= 0.3 is 5.97 Å². The first-order chi connectivity index (χ1) is 8.13. The Hall–Kier alpha value is -1.85. The SMILES string of the molecule is COC(=O)C=CC(=O)NCCN1CCCC1=O. The Balaban J connectivity index is 2.18. The largest absolute Gasteiger partial charge is 0.466 e. The van der Waals surface area contributed by atoms with Gasteiger partial charge in [-0.1, -0.05) is 0 Å². The third-order valence-corrected chi connectivity index (χ3v) is 2.42. The Morgan fingerprint density at radius 2 is 2.24 bits per heavy atom. The second-order valence-electron chi connectivity index (χ2n) is 3.63. The van der Waals surface area contributed by atoms with Crippen LogP contribution in [0.5, 0.6) is 0 Å². The molecule has 0 aromatic heterocycles. The van der Waals surface area contributed by atoms with Crippen LogP contribution in [-0.2, 0) is 19.1 Å². The van der Waals surface area contributed by atoms with Crippen LogP contribution < -0.4 is 5.32 Å². The summed E-state index contributed by atoms with van der Waals surface area (Å²) in [6.07, 6.45) is 3.64. The second kappa shape index (κ2) is 6.67. The van der Waals surface area contributed by atoms with Gasteiger partial charge in [-0.2, -0.15) is 0 Å². The highest BCUT2D eigenvalue weighted by atomic mass is 16.5. The Kier molecular flexibility index (Phi) is 5.19. The predicted octanol–water partition coefficient (Wildman–Crippen LogP) is -0.546. The monoisotopic (exact) mass is 240 g/mol. The van der Waals surface area contributed by atoms with Crippen molar-refractivity contribution in [3.63, 3.8) is 0 Å². The molecule has 1 fully saturated rings. The highest BCUT2D eigenvalue weighted by Crippen LogP contribution is 2.07. The molecule has 1 rings (SSSR count). The minimum Gasteiger partial charge on any atom is -0.466 e. The molecule has 0 spiro atoms. The van der Waals surface area contributed by atoms with Gasteiger partial charge in [0.1, 0.15) is 0 Å². The molecule has 0 bridgehead atoms. The van der Waals surface area contributed by atoms with E-state index in [0.717, 1.165) is 25.1 Å². The zero-order chi connectivity index (χ0) is 12.7. The molecule has 0 radical (unpaired) electrons. The molecule has 2 amide bonds. The van der Waals surface area contributed by atoms with E-state index in [0.29, 0.717) is 19.5 Å². The molecular weight excluding hydrogens is 224 g/mol. The van der Waals surface area contributed by atoms with Crippen LogP contribution in [0.2, 0.25) is 0 Å². The van der Waals surface area contributed by atoms with E-state index in [2.05, 4.69) is 10.1 Å². The van der Waals surface area contributed by atoms with Gasteiger partial charge in [-0.3, -0.25) is 9.59 Å². The average molecular weight is 240 g/mol. The lowest BCUT2D eigenvalue weighted by Gasteiger charge is -2.14. The summed E-state index contributed by atoms with van der Waals surface area (Å²) >= 11 is 0. The minimum atomic E-state index is -0.574. The number of hydrogen-bond donors (Lipinski definition) is 1. The summed E-state index contributed by atoms with van der Waals surface area (Å²) in [5.74, 6) is -0.818. The van der Waals surface area contributed by atoms with Gasteiger partial charge in [0.05, 0.1) is 7.11 Å². The van der Waals surface area contributed by atoms with Crippen LogP contribution in [0.3, 0.4) is 0 Å². The van der Waals surface area contributed by atoms with Crippen molar-refractivity contribution in [3.8, 4) is 0 Å². The maximum absolute atomic E-state index is 11.2. The van der Waals surface area contributed by atoms with Crippen molar-refractivity contribution in [2.24, 2.45) is 0 Å². The molecule has 1 heterocycles. The molecule has 6 heteroatoms. The van der Waals surface area contributed by atoms with Crippen LogP contribution >= 0.6 is 0 Å². The Labute approximate surface area is 99.6 Å². The molecule has 6 nitrogen and oxygen atoms in total. The fourth-order valence-corrected chi connectivity index (χ4v) is 1.53. The van der Waals surface area contributed by atoms with Crippen molar-refractivity contribution in [2.75, 3.05) is 26.7 Å². The number of ether oxygens (including phenoxy) is 1. The lowest BCUT2D eigenvalue weighted by atomic mass is 10.4. The van der Waals surface area contributed by atoms with Crippen molar-refractivity contribution < 1.29 is 19.1 Å². The molecule has 0 atom stereocenters. The van der Waals surface area contributed by atoms with Gasteiger partial charge in [0.2, 0.25) is 11.8 Å². The van der Waals surface area contributed by atoms with Crippen molar-refractivity contribution in [1.29, 1.82) is 0 Å². The standard InChI is InChI=1S/C11H16N2O4/c1-17-11(16)5-4-9(14)12-6-8-13-7-2-3-10(13)15/h4-5H,2-3,6-8H2,1H3,(H,12,14). The molecule has 94 valence electrons. The summed E-state index contributed by atoms with van der Waals surface area (Å²) in [6, 6.07) is 0. The number of nitrogens with one attached hydrogen (secondary N) is 1. The van der Waals surface area contributed by atoms with Crippen LogP contribution in [0.1, 0.15) is 12.8 Å². The summed E-state index contributed by atoms with van der Waals surface area (Å²) in [5, 5.41) is 2.58. The van der Waals surface area contributed by atoms with Gasteiger partial charge in [-0.05, 0) is 6.42 Å². The summed E-state index contributed by atoms with van der Waals surface area (Å²) in [6.45, 7) is 1.65. The van der Waals surface area contributed by atoms with Crippen molar-refractivity contribution in [1.82, 2.24) is 10.2 Å². The summed E-state index contributed by atoms with van der Waals surface area (Å²) in [5.41, 5.74) is 0. The number of likely N-dealkylation sites (tertiary alicyclic amines) is 1. The minimum absolute atomic E-state index is 0.129. The van der Waals surface area contributed by atoms with Crippen LogP contribution in [0.15, 0.2) is 12.2 Å². The normalized spacial score (nSPS) is 15.4. The number of hydrogen-bond acceptors (Lipinski definition) is 4. The fraction of sp³-hybridized carbons (Fsp3) is 0.545. The molecule has 0 saturated carbocycles. The summed E-state index contributed by atoms with van der Waals surface area (Å²) < 4.78 is 4.34. The van der Waals surface area contributed by atoms with Gasteiger partial charge in [-0.15, -0.1) is 0 Å². The fourth-order valence-electron chi connectivity index (χ4n) is 1.53. The number of carbonyl (C=O) groups excluding carboxylic acids is 3. The third-order valence-electron chi connectivity index (χ3n) is 2.42. The first kappa shape index (κ1) is 13.2. The van der Waals surface area contributed by atoms with E-state index < -0.39 is 5.97 Å². The van der Waals surface area contributed by atoms with E-state index in [4.69, 9.17) is 0 Å². The maximum Gasteiger partial charge on any atom is 0.330 e. The Morgan fingerprint density at radius 3 is 2.82 bits per heavy atom. The maximum atomic E-state index is 11.2. The molecule has 1 saturated heterocycles. The number of amides is 2. The van der Waals surface area contributed by atoms with E-state index >= 15 is 0 Å². The molecule has 1 aliphatic rings. The van der Waals surface area contributed by atoms with Crippen LogP contribution in [0.4, 0.5) is 0 Å². The second-order valence-corrected chi connectivity index (χ2v) is 3.63. The van der Waals surface area contributed by atoms with Crippen molar-refractivity contribution in [2.45, 2.75) is 12.8 Å².